The number of hydrogen-bond donors (Lipinski definition) is 1. The number of azide groups is 1. The standard InChI is InChI=1S/C19H21N5O9/c1-10(25)29-9-14-16(30-11(2)26)17(31-12(3)27)15(22-24-20)18(32-14)23-33-19(28)21-13-7-5-4-6-8-13/h4-8,14-17H,9H2,1-3H3,(H,21,28)/b23-18-/t14-,15-,16+,17-/m1/s1. The van der Waals surface area contributed by atoms with E-state index in [2.05, 4.69) is 20.5 Å². The van der Waals surface area contributed by atoms with Crippen LogP contribution in [-0.4, -0.2) is 60.9 Å². The molecule has 176 valence electrons. The quantitative estimate of drug-likeness (QED) is 0.120. The number of anilines is 1. The van der Waals surface area contributed by atoms with E-state index in [4.69, 9.17) is 29.3 Å². The molecule has 1 aromatic rings. The number of rotatable bonds is 7. The Morgan fingerprint density at radius 3 is 2.24 bits per heavy atom. The van der Waals surface area contributed by atoms with E-state index in [1.165, 1.54) is 0 Å². The van der Waals surface area contributed by atoms with Gasteiger partial charge in [-0.25, -0.2) is 4.79 Å². The molecule has 14 nitrogen and oxygen atoms in total. The smallest absolute Gasteiger partial charge is 0.437 e. The number of nitrogens with one attached hydrogen (secondary N) is 1. The molecule has 1 fully saturated rings. The van der Waals surface area contributed by atoms with Crippen molar-refractivity contribution in [2.45, 2.75) is 45.1 Å². The first kappa shape index (κ1) is 24.9. The number of esters is 3. The van der Waals surface area contributed by atoms with E-state index >= 15 is 0 Å². The third-order valence-corrected chi connectivity index (χ3v) is 4.00. The SMILES string of the molecule is CC(=O)OC[C@H]1O/C(=N\OC(=O)Nc2ccccc2)[C@H](N=[N+]=[N-])[C@@H](OC(C)=O)[C@H]1OC(C)=O. The molecular formula is C19H21N5O9. The van der Waals surface area contributed by atoms with Gasteiger partial charge < -0.3 is 18.9 Å². The van der Waals surface area contributed by atoms with Crippen molar-refractivity contribution >= 4 is 35.6 Å². The Balaban J connectivity index is 2.35. The molecule has 0 aliphatic carbocycles. The highest BCUT2D eigenvalue weighted by Gasteiger charge is 2.50. The minimum atomic E-state index is -1.47. The molecule has 0 unspecified atom stereocenters. The van der Waals surface area contributed by atoms with Crippen molar-refractivity contribution in [2.24, 2.45) is 10.3 Å². The van der Waals surface area contributed by atoms with Crippen molar-refractivity contribution in [3.63, 3.8) is 0 Å². The average Bonchev–Trinajstić information content (AvgIpc) is 2.74. The fraction of sp³-hybridized carbons (Fsp3) is 0.421. The first-order valence-corrected chi connectivity index (χ1v) is 9.50. The van der Waals surface area contributed by atoms with Crippen molar-refractivity contribution in [1.29, 1.82) is 0 Å². The number of nitrogens with zero attached hydrogens (tertiary/aromatic N) is 4. The fourth-order valence-corrected chi connectivity index (χ4v) is 2.80. The summed E-state index contributed by atoms with van der Waals surface area (Å²) in [6.07, 6.45) is -4.99. The summed E-state index contributed by atoms with van der Waals surface area (Å²) in [5.41, 5.74) is 9.40. The van der Waals surface area contributed by atoms with Crippen LogP contribution in [0.4, 0.5) is 10.5 Å². The third kappa shape index (κ3) is 7.70. The van der Waals surface area contributed by atoms with Crippen LogP contribution in [0.15, 0.2) is 40.6 Å². The topological polar surface area (TPSA) is 188 Å². The van der Waals surface area contributed by atoms with Crippen LogP contribution in [0, 0.1) is 0 Å². The van der Waals surface area contributed by atoms with E-state index in [-0.39, 0.29) is 0 Å². The number of benzene rings is 1. The van der Waals surface area contributed by atoms with E-state index in [1.807, 2.05) is 0 Å². The molecule has 14 heteroatoms. The van der Waals surface area contributed by atoms with Crippen molar-refractivity contribution in [2.75, 3.05) is 11.9 Å². The highest BCUT2D eigenvalue weighted by atomic mass is 16.7. The maximum atomic E-state index is 12.1. The number of hydrogen-bond acceptors (Lipinski definition) is 11. The van der Waals surface area contributed by atoms with Gasteiger partial charge in [-0.05, 0) is 22.8 Å². The first-order valence-electron chi connectivity index (χ1n) is 9.50. The summed E-state index contributed by atoms with van der Waals surface area (Å²) in [4.78, 5) is 54.1. The maximum absolute atomic E-state index is 12.1. The molecule has 1 heterocycles. The van der Waals surface area contributed by atoms with Crippen molar-refractivity contribution in [3.05, 3.63) is 40.8 Å². The number of ether oxygens (including phenoxy) is 4. The van der Waals surface area contributed by atoms with Gasteiger partial charge in [0.25, 0.3) is 0 Å². The van der Waals surface area contributed by atoms with E-state index in [1.54, 1.807) is 30.3 Å². The fourth-order valence-electron chi connectivity index (χ4n) is 2.80. The third-order valence-electron chi connectivity index (χ3n) is 4.00. The van der Waals surface area contributed by atoms with Crippen LogP contribution in [0.1, 0.15) is 20.8 Å². The summed E-state index contributed by atoms with van der Waals surface area (Å²) >= 11 is 0. The zero-order valence-corrected chi connectivity index (χ0v) is 17.9. The predicted molar refractivity (Wildman–Crippen MR) is 110 cm³/mol. The second-order valence-electron chi connectivity index (χ2n) is 6.56. The van der Waals surface area contributed by atoms with Gasteiger partial charge in [-0.3, -0.25) is 24.5 Å². The summed E-state index contributed by atoms with van der Waals surface area (Å²) in [6.45, 7) is 2.87. The van der Waals surface area contributed by atoms with E-state index in [9.17, 15) is 19.2 Å². The van der Waals surface area contributed by atoms with Crippen molar-refractivity contribution in [3.8, 4) is 0 Å². The number of oxime groups is 1. The molecule has 1 aliphatic heterocycles. The van der Waals surface area contributed by atoms with Crippen LogP contribution in [0.5, 0.6) is 0 Å². The van der Waals surface area contributed by atoms with Gasteiger partial charge in [0.05, 0.1) is 0 Å². The average molecular weight is 463 g/mol. The van der Waals surface area contributed by atoms with Gasteiger partial charge in [-0.1, -0.05) is 23.3 Å². The number of carbonyl (C=O) groups is 4. The van der Waals surface area contributed by atoms with Gasteiger partial charge >= 0.3 is 24.0 Å². The zero-order valence-electron chi connectivity index (χ0n) is 17.9. The molecule has 33 heavy (non-hydrogen) atoms. The number of carbonyl (C=O) groups excluding carboxylic acids is 4. The lowest BCUT2D eigenvalue weighted by molar-refractivity contribution is -0.185. The van der Waals surface area contributed by atoms with Gasteiger partial charge in [0.1, 0.15) is 6.61 Å². The summed E-state index contributed by atoms with van der Waals surface area (Å²) in [5, 5.41) is 9.47. The van der Waals surface area contributed by atoms with Crippen molar-refractivity contribution in [1.82, 2.24) is 0 Å². The molecule has 0 aromatic heterocycles. The van der Waals surface area contributed by atoms with Crippen molar-refractivity contribution < 1.29 is 43.0 Å². The number of para-hydroxylation sites is 1. The van der Waals surface area contributed by atoms with Crippen LogP contribution in [0.2, 0.25) is 0 Å². The molecule has 4 atom stereocenters. The molecule has 1 N–H and O–H groups in total. The largest absolute Gasteiger partial charge is 0.467 e. The summed E-state index contributed by atoms with van der Waals surface area (Å²) in [6, 6.07) is 6.84. The molecule has 0 radical (unpaired) electrons. The molecule has 1 amide bonds. The van der Waals surface area contributed by atoms with E-state index in [0.717, 1.165) is 20.8 Å². The summed E-state index contributed by atoms with van der Waals surface area (Å²) < 4.78 is 20.9. The molecule has 1 saturated heterocycles. The zero-order chi connectivity index (χ0) is 24.4. The molecule has 2 rings (SSSR count). The van der Waals surface area contributed by atoms with Crippen LogP contribution >= 0.6 is 0 Å². The lowest BCUT2D eigenvalue weighted by atomic mass is 9.97. The number of amides is 1. The lowest BCUT2D eigenvalue weighted by Gasteiger charge is -2.39. The summed E-state index contributed by atoms with van der Waals surface area (Å²) in [7, 11) is 0. The second kappa shape index (κ2) is 11.9. The normalized spacial score (nSPS) is 22.7. The summed E-state index contributed by atoms with van der Waals surface area (Å²) in [5.74, 6) is -2.71. The highest BCUT2D eigenvalue weighted by Crippen LogP contribution is 2.27. The Bertz CT molecular complexity index is 962. The monoisotopic (exact) mass is 463 g/mol. The van der Waals surface area contributed by atoms with Crippen LogP contribution in [0.25, 0.3) is 10.4 Å². The van der Waals surface area contributed by atoms with Crippen LogP contribution in [-0.2, 0) is 38.2 Å². The second-order valence-corrected chi connectivity index (χ2v) is 6.56. The molecule has 1 aliphatic rings. The molecule has 1 aromatic carbocycles. The molecule has 0 bridgehead atoms. The Morgan fingerprint density at radius 1 is 1.03 bits per heavy atom. The van der Waals surface area contributed by atoms with Gasteiger partial charge in [0.15, 0.2) is 24.4 Å². The van der Waals surface area contributed by atoms with Gasteiger partial charge in [0, 0.05) is 31.4 Å². The Hall–Kier alpha value is -4.32. The van der Waals surface area contributed by atoms with E-state index in [0.29, 0.717) is 5.69 Å². The van der Waals surface area contributed by atoms with Gasteiger partial charge in [0.2, 0.25) is 5.90 Å². The van der Waals surface area contributed by atoms with Crippen LogP contribution < -0.4 is 5.32 Å². The highest BCUT2D eigenvalue weighted by molar-refractivity contribution is 5.87. The van der Waals surface area contributed by atoms with Crippen LogP contribution in [0.3, 0.4) is 0 Å². The lowest BCUT2D eigenvalue weighted by Crippen LogP contribution is -2.59. The maximum Gasteiger partial charge on any atom is 0.437 e. The first-order chi connectivity index (χ1) is 15.7. The minimum absolute atomic E-state index is 0.416. The Morgan fingerprint density at radius 2 is 1.67 bits per heavy atom. The Labute approximate surface area is 187 Å². The van der Waals surface area contributed by atoms with E-state index < -0.39 is 60.9 Å². The molecular weight excluding hydrogens is 442 g/mol. The molecule has 0 spiro atoms. The Kier molecular flexibility index (Phi) is 9.00. The molecule has 0 saturated carbocycles. The van der Waals surface area contributed by atoms with Gasteiger partial charge in [-0.15, -0.1) is 0 Å². The minimum Gasteiger partial charge on any atom is -0.467 e. The van der Waals surface area contributed by atoms with Gasteiger partial charge in [-0.2, -0.15) is 0 Å². The predicted octanol–water partition coefficient (Wildman–Crippen LogP) is 2.05.